The molecule has 1 radical (unpaired) electrons. The van der Waals surface area contributed by atoms with E-state index in [0.717, 1.165) is 0 Å². The maximum Gasteiger partial charge on any atom is 0.129 e. The van der Waals surface area contributed by atoms with Gasteiger partial charge in [0, 0.05) is 0 Å². The second-order valence-corrected chi connectivity index (χ2v) is 3.91. The second kappa shape index (κ2) is 4.17. The lowest BCUT2D eigenvalue weighted by Gasteiger charge is -2.15. The summed E-state index contributed by atoms with van der Waals surface area (Å²) in [6.07, 6.45) is 5.71. The average molecular weight is 192 g/mol. The van der Waals surface area contributed by atoms with Gasteiger partial charge in [-0.05, 0) is 27.7 Å². The lowest BCUT2D eigenvalue weighted by molar-refractivity contribution is 0.000916. The highest BCUT2D eigenvalue weighted by Crippen LogP contribution is 2.07. The largest absolute Gasteiger partial charge is 0.390 e. The minimum atomic E-state index is -0.282. The summed E-state index contributed by atoms with van der Waals surface area (Å²) >= 11 is 0. The molecule has 0 saturated carbocycles. The molecule has 1 aromatic rings. The third kappa shape index (κ3) is 3.51. The fourth-order valence-electron chi connectivity index (χ4n) is 0.702. The van der Waals surface area contributed by atoms with Crippen LogP contribution in [0.25, 0.3) is 0 Å². The summed E-state index contributed by atoms with van der Waals surface area (Å²) in [5.41, 5.74) is 1.13. The van der Waals surface area contributed by atoms with Crippen LogP contribution in [0.15, 0.2) is 17.5 Å². The van der Waals surface area contributed by atoms with Crippen LogP contribution in [-0.4, -0.2) is 21.3 Å². The number of oxime groups is 1. The predicted molar refractivity (Wildman–Crippen MR) is 53.9 cm³/mol. The predicted octanol–water partition coefficient (Wildman–Crippen LogP) is 1.82. The van der Waals surface area contributed by atoms with E-state index in [1.807, 2.05) is 27.7 Å². The van der Waals surface area contributed by atoms with Crippen molar-refractivity contribution in [3.8, 4) is 0 Å². The van der Waals surface area contributed by atoms with Crippen molar-refractivity contribution in [3.63, 3.8) is 0 Å². The van der Waals surface area contributed by atoms with E-state index < -0.39 is 0 Å². The summed E-state index contributed by atoms with van der Waals surface area (Å²) in [5.74, 6) is 0. The SMILES string of the molecule is CC(=NOC(C)(C)C)c1cn[c]cn1. The molecule has 0 aliphatic rings. The maximum absolute atomic E-state index is 5.26. The molecule has 0 aliphatic carbocycles. The number of hydrogen-bond donors (Lipinski definition) is 0. The summed E-state index contributed by atoms with van der Waals surface area (Å²) in [6, 6.07) is 0. The highest BCUT2D eigenvalue weighted by atomic mass is 16.6. The van der Waals surface area contributed by atoms with Gasteiger partial charge in [-0.3, -0.25) is 9.97 Å². The van der Waals surface area contributed by atoms with E-state index in [-0.39, 0.29) is 5.60 Å². The standard InChI is InChI=1S/C10H14N3O/c1-8(13-14-10(2,3)4)9-7-11-5-6-12-9/h6-7H,1-4H3. The first kappa shape index (κ1) is 10.6. The van der Waals surface area contributed by atoms with E-state index in [1.165, 1.54) is 6.20 Å². The molecule has 0 atom stereocenters. The van der Waals surface area contributed by atoms with Gasteiger partial charge in [-0.15, -0.1) is 0 Å². The van der Waals surface area contributed by atoms with E-state index in [9.17, 15) is 0 Å². The molecule has 0 spiro atoms. The van der Waals surface area contributed by atoms with Gasteiger partial charge in [0.05, 0.1) is 12.4 Å². The van der Waals surface area contributed by atoms with Gasteiger partial charge in [0.25, 0.3) is 0 Å². The smallest absolute Gasteiger partial charge is 0.129 e. The molecule has 4 nitrogen and oxygen atoms in total. The Morgan fingerprint density at radius 2 is 2.21 bits per heavy atom. The zero-order chi connectivity index (χ0) is 10.6. The van der Waals surface area contributed by atoms with Crippen molar-refractivity contribution in [2.75, 3.05) is 0 Å². The molecular formula is C10H14N3O. The van der Waals surface area contributed by atoms with Gasteiger partial charge in [-0.1, -0.05) is 5.16 Å². The van der Waals surface area contributed by atoms with Gasteiger partial charge in [0.15, 0.2) is 0 Å². The summed E-state index contributed by atoms with van der Waals surface area (Å²) in [7, 11) is 0. The van der Waals surface area contributed by atoms with Crippen molar-refractivity contribution in [1.82, 2.24) is 9.97 Å². The van der Waals surface area contributed by atoms with Crippen LogP contribution in [0.2, 0.25) is 0 Å². The third-order valence-corrected chi connectivity index (χ3v) is 1.35. The van der Waals surface area contributed by atoms with Gasteiger partial charge in [0.2, 0.25) is 0 Å². The van der Waals surface area contributed by atoms with Crippen LogP contribution in [0.4, 0.5) is 0 Å². The Bertz CT molecular complexity index is 314. The highest BCUT2D eigenvalue weighted by Gasteiger charge is 2.10. The first-order valence-corrected chi connectivity index (χ1v) is 4.40. The zero-order valence-corrected chi connectivity index (χ0v) is 8.90. The van der Waals surface area contributed by atoms with Gasteiger partial charge < -0.3 is 4.84 Å². The number of hydrogen-bond acceptors (Lipinski definition) is 4. The first-order chi connectivity index (χ1) is 6.49. The lowest BCUT2D eigenvalue weighted by atomic mass is 10.2. The zero-order valence-electron chi connectivity index (χ0n) is 8.90. The maximum atomic E-state index is 5.26. The second-order valence-electron chi connectivity index (χ2n) is 3.91. The Morgan fingerprint density at radius 3 is 2.71 bits per heavy atom. The van der Waals surface area contributed by atoms with Crippen LogP contribution < -0.4 is 0 Å². The molecule has 0 saturated heterocycles. The summed E-state index contributed by atoms with van der Waals surface area (Å²) < 4.78 is 0. The van der Waals surface area contributed by atoms with Crippen molar-refractivity contribution in [1.29, 1.82) is 0 Å². The first-order valence-electron chi connectivity index (χ1n) is 4.40. The van der Waals surface area contributed by atoms with Crippen molar-refractivity contribution < 1.29 is 4.84 Å². The quantitative estimate of drug-likeness (QED) is 0.530. The van der Waals surface area contributed by atoms with Crippen molar-refractivity contribution in [3.05, 3.63) is 24.3 Å². The molecule has 0 bridgehead atoms. The fourth-order valence-corrected chi connectivity index (χ4v) is 0.702. The molecule has 4 heteroatoms. The molecule has 75 valence electrons. The Kier molecular flexibility index (Phi) is 3.17. The molecule has 1 heterocycles. The summed E-state index contributed by atoms with van der Waals surface area (Å²) in [5, 5.41) is 3.97. The van der Waals surface area contributed by atoms with Crippen LogP contribution in [0.1, 0.15) is 33.4 Å². The van der Waals surface area contributed by atoms with E-state index >= 15 is 0 Å². The molecule has 0 amide bonds. The summed E-state index contributed by atoms with van der Waals surface area (Å²) in [6.45, 7) is 7.65. The molecule has 0 N–H and O–H groups in total. The minimum Gasteiger partial charge on any atom is -0.390 e. The third-order valence-electron chi connectivity index (χ3n) is 1.35. The van der Waals surface area contributed by atoms with E-state index in [0.29, 0.717) is 11.4 Å². The molecular weight excluding hydrogens is 178 g/mol. The highest BCUT2D eigenvalue weighted by molar-refractivity contribution is 5.96. The number of rotatable bonds is 2. The molecule has 0 unspecified atom stereocenters. The van der Waals surface area contributed by atoms with E-state index in [2.05, 4.69) is 21.3 Å². The van der Waals surface area contributed by atoms with Gasteiger partial charge in [-0.2, -0.15) is 0 Å². The van der Waals surface area contributed by atoms with E-state index in [1.54, 1.807) is 6.20 Å². The number of nitrogens with zero attached hydrogens (tertiary/aromatic N) is 3. The molecule has 0 fully saturated rings. The molecule has 1 aromatic heterocycles. The normalized spacial score (nSPS) is 12.7. The molecule has 0 aromatic carbocycles. The summed E-state index contributed by atoms with van der Waals surface area (Å²) in [4.78, 5) is 13.1. The van der Waals surface area contributed by atoms with Crippen LogP contribution in [-0.2, 0) is 4.84 Å². The number of aromatic nitrogens is 2. The van der Waals surface area contributed by atoms with E-state index in [4.69, 9.17) is 4.84 Å². The lowest BCUT2D eigenvalue weighted by Crippen LogP contribution is -2.16. The van der Waals surface area contributed by atoms with Crippen molar-refractivity contribution in [2.45, 2.75) is 33.3 Å². The average Bonchev–Trinajstić information content (AvgIpc) is 2.14. The molecule has 1 rings (SSSR count). The monoisotopic (exact) mass is 192 g/mol. The van der Waals surface area contributed by atoms with Crippen LogP contribution >= 0.6 is 0 Å². The fraction of sp³-hybridized carbons (Fsp3) is 0.500. The molecule has 0 aliphatic heterocycles. The van der Waals surface area contributed by atoms with Crippen LogP contribution in [0.3, 0.4) is 0 Å². The Morgan fingerprint density at radius 1 is 1.50 bits per heavy atom. The van der Waals surface area contributed by atoms with Crippen LogP contribution in [0, 0.1) is 6.20 Å². The Labute approximate surface area is 84.0 Å². The van der Waals surface area contributed by atoms with Crippen LogP contribution in [0.5, 0.6) is 0 Å². The Hall–Kier alpha value is -1.45. The minimum absolute atomic E-state index is 0.282. The topological polar surface area (TPSA) is 47.4 Å². The van der Waals surface area contributed by atoms with Crippen molar-refractivity contribution in [2.24, 2.45) is 5.16 Å². The van der Waals surface area contributed by atoms with Gasteiger partial charge >= 0.3 is 0 Å². The Balaban J connectivity index is 2.71. The molecule has 14 heavy (non-hydrogen) atoms. The van der Waals surface area contributed by atoms with Crippen molar-refractivity contribution >= 4 is 5.71 Å². The van der Waals surface area contributed by atoms with Gasteiger partial charge in [-0.25, -0.2) is 0 Å². The van der Waals surface area contributed by atoms with Gasteiger partial charge in [0.1, 0.15) is 23.2 Å².